The number of H-pyrrole nitrogens is 2. The van der Waals surface area contributed by atoms with Crippen LogP contribution in [0.1, 0.15) is 37.8 Å². The van der Waals surface area contributed by atoms with Crippen LogP contribution in [0.3, 0.4) is 0 Å². The van der Waals surface area contributed by atoms with Crippen LogP contribution in [0.2, 0.25) is 0 Å². The minimum absolute atomic E-state index is 0.104. The zero-order valence-corrected chi connectivity index (χ0v) is 18.0. The first-order valence-corrected chi connectivity index (χ1v) is 10.1. The van der Waals surface area contributed by atoms with Gasteiger partial charge in [-0.25, -0.2) is 4.98 Å². The minimum atomic E-state index is -0.435. The average molecular weight is 429 g/mol. The van der Waals surface area contributed by atoms with Crippen LogP contribution in [0.4, 0.5) is 0 Å². The Labute approximate surface area is 183 Å². The van der Waals surface area contributed by atoms with Gasteiger partial charge >= 0.3 is 0 Å². The summed E-state index contributed by atoms with van der Waals surface area (Å²) >= 11 is 0. The topological polar surface area (TPSA) is 101 Å². The van der Waals surface area contributed by atoms with Crippen LogP contribution in [-0.4, -0.2) is 15.0 Å². The van der Waals surface area contributed by atoms with Gasteiger partial charge in [-0.1, -0.05) is 51.1 Å². The summed E-state index contributed by atoms with van der Waals surface area (Å²) in [7, 11) is 0. The molecule has 0 bridgehead atoms. The summed E-state index contributed by atoms with van der Waals surface area (Å²) in [6.07, 6.45) is 4.44. The van der Waals surface area contributed by atoms with E-state index < -0.39 is 11.1 Å². The third-order valence-corrected chi connectivity index (χ3v) is 4.69. The third-order valence-electron chi connectivity index (χ3n) is 4.69. The van der Waals surface area contributed by atoms with E-state index in [-0.39, 0.29) is 16.1 Å². The van der Waals surface area contributed by atoms with Crippen LogP contribution < -0.4 is 26.6 Å². The zero-order chi connectivity index (χ0) is 22.7. The first kappa shape index (κ1) is 21.1. The molecule has 162 valence electrons. The smallest absolute Gasteiger partial charge is 0.272 e. The molecule has 32 heavy (non-hydrogen) atoms. The molecule has 7 heteroatoms. The van der Waals surface area contributed by atoms with E-state index in [0.717, 1.165) is 0 Å². The van der Waals surface area contributed by atoms with Gasteiger partial charge in [-0.3, -0.25) is 9.59 Å². The summed E-state index contributed by atoms with van der Waals surface area (Å²) in [5, 5.41) is 0.243. The number of oxazole rings is 1. The summed E-state index contributed by atoms with van der Waals surface area (Å²) in [5.74, 6) is 1.95. The molecular formula is C25H23N3O4. The molecular weight excluding hydrogens is 406 g/mol. The fourth-order valence-corrected chi connectivity index (χ4v) is 3.21. The van der Waals surface area contributed by atoms with Crippen molar-refractivity contribution in [1.82, 2.24) is 15.0 Å². The molecule has 2 N–H and O–H groups in total. The van der Waals surface area contributed by atoms with Crippen molar-refractivity contribution in [2.45, 2.75) is 26.2 Å². The molecule has 0 aliphatic carbocycles. The molecule has 4 aromatic rings. The van der Waals surface area contributed by atoms with Crippen LogP contribution in [0.5, 0.6) is 11.5 Å². The summed E-state index contributed by atoms with van der Waals surface area (Å²) in [5.41, 5.74) is 0.0565. The number of para-hydroxylation sites is 1. The number of aromatic nitrogens is 3. The van der Waals surface area contributed by atoms with E-state index in [9.17, 15) is 9.59 Å². The maximum atomic E-state index is 12.6. The highest BCUT2D eigenvalue weighted by atomic mass is 16.5. The molecule has 0 saturated heterocycles. The predicted molar refractivity (Wildman–Crippen MR) is 122 cm³/mol. The second-order valence-electron chi connectivity index (χ2n) is 8.33. The van der Waals surface area contributed by atoms with Crippen molar-refractivity contribution in [3.8, 4) is 11.5 Å². The Bertz CT molecular complexity index is 1470. The number of hydrogen-bond acceptors (Lipinski definition) is 5. The van der Waals surface area contributed by atoms with Crippen molar-refractivity contribution < 1.29 is 9.15 Å². The van der Waals surface area contributed by atoms with Gasteiger partial charge in [-0.15, -0.1) is 0 Å². The molecule has 2 heterocycles. The lowest BCUT2D eigenvalue weighted by Crippen LogP contribution is -2.46. The highest BCUT2D eigenvalue weighted by molar-refractivity contribution is 5.51. The van der Waals surface area contributed by atoms with Gasteiger partial charge in [0.05, 0.1) is 0 Å². The maximum Gasteiger partial charge on any atom is 0.272 e. The van der Waals surface area contributed by atoms with Crippen molar-refractivity contribution in [1.29, 1.82) is 0 Å². The molecule has 0 atom stereocenters. The molecule has 0 aliphatic rings. The van der Waals surface area contributed by atoms with Gasteiger partial charge in [0.1, 0.15) is 33.7 Å². The molecule has 0 radical (unpaired) electrons. The van der Waals surface area contributed by atoms with E-state index in [4.69, 9.17) is 9.15 Å². The summed E-state index contributed by atoms with van der Waals surface area (Å²) in [4.78, 5) is 34.7. The van der Waals surface area contributed by atoms with Gasteiger partial charge < -0.3 is 19.1 Å². The maximum absolute atomic E-state index is 12.6. The Hall–Kier alpha value is -4.13. The van der Waals surface area contributed by atoms with Gasteiger partial charge in [0.25, 0.3) is 11.1 Å². The van der Waals surface area contributed by atoms with E-state index >= 15 is 0 Å². The van der Waals surface area contributed by atoms with Crippen molar-refractivity contribution >= 4 is 12.2 Å². The lowest BCUT2D eigenvalue weighted by atomic mass is 9.92. The monoisotopic (exact) mass is 429 g/mol. The number of ether oxygens (including phenoxy) is 1. The fraction of sp³-hybridized carbons (Fsp3) is 0.160. The van der Waals surface area contributed by atoms with Crippen molar-refractivity contribution in [2.24, 2.45) is 0 Å². The molecule has 4 rings (SSSR count). The number of benzene rings is 2. The number of nitrogens with one attached hydrogen (secondary N) is 2. The van der Waals surface area contributed by atoms with Crippen molar-refractivity contribution in [3.05, 3.63) is 109 Å². The second-order valence-corrected chi connectivity index (χ2v) is 8.33. The summed E-state index contributed by atoms with van der Waals surface area (Å²) < 4.78 is 11.3. The molecule has 7 nitrogen and oxygen atoms in total. The third kappa shape index (κ3) is 4.78. The zero-order valence-electron chi connectivity index (χ0n) is 18.0. The Kier molecular flexibility index (Phi) is 5.64. The van der Waals surface area contributed by atoms with Crippen molar-refractivity contribution in [3.63, 3.8) is 0 Å². The van der Waals surface area contributed by atoms with E-state index in [1.807, 2.05) is 69.3 Å². The standard InChI is InChI=1S/C25H23N3O4/c1-25(2,3)22-19(26-15-31-22)14-21-24(30)27-20(23(29)28-21)13-16-8-7-11-18(12-16)32-17-9-5-4-6-10-17/h4-15H,1-3H3,(H,27,30)(H,28,29)/b20-13-,21-14-. The summed E-state index contributed by atoms with van der Waals surface area (Å²) in [6.45, 7) is 5.93. The number of aromatic amines is 2. The number of hydrogen-bond donors (Lipinski definition) is 2. The van der Waals surface area contributed by atoms with Gasteiger partial charge in [0.15, 0.2) is 6.39 Å². The number of nitrogens with zero attached hydrogens (tertiary/aromatic N) is 1. The average Bonchev–Trinajstić information content (AvgIpc) is 3.22. The highest BCUT2D eigenvalue weighted by Crippen LogP contribution is 2.25. The first-order valence-electron chi connectivity index (χ1n) is 10.1. The Morgan fingerprint density at radius 1 is 0.875 bits per heavy atom. The Balaban J connectivity index is 1.70. The van der Waals surface area contributed by atoms with Gasteiger partial charge in [0, 0.05) is 5.41 Å². The Morgan fingerprint density at radius 3 is 2.22 bits per heavy atom. The van der Waals surface area contributed by atoms with Crippen LogP contribution in [0.15, 0.2) is 75.0 Å². The van der Waals surface area contributed by atoms with Crippen LogP contribution in [0, 0.1) is 0 Å². The van der Waals surface area contributed by atoms with E-state index in [0.29, 0.717) is 28.5 Å². The minimum Gasteiger partial charge on any atom is -0.457 e. The van der Waals surface area contributed by atoms with E-state index in [1.165, 1.54) is 12.5 Å². The van der Waals surface area contributed by atoms with Gasteiger partial charge in [-0.2, -0.15) is 0 Å². The van der Waals surface area contributed by atoms with Gasteiger partial charge in [0.2, 0.25) is 0 Å². The normalized spacial score (nSPS) is 12.8. The van der Waals surface area contributed by atoms with E-state index in [1.54, 1.807) is 12.1 Å². The lowest BCUT2D eigenvalue weighted by molar-refractivity contribution is 0.407. The predicted octanol–water partition coefficient (Wildman–Crippen LogP) is 2.80. The molecule has 0 spiro atoms. The molecule has 2 aromatic heterocycles. The lowest BCUT2D eigenvalue weighted by Gasteiger charge is -2.14. The SMILES string of the molecule is CC(C)(C)c1ocnc1/C=c1\[nH]c(=O)/c(=C/c2cccc(Oc3ccccc3)c2)[nH]c1=O. The molecule has 0 saturated carbocycles. The number of rotatable bonds is 4. The Morgan fingerprint density at radius 2 is 1.53 bits per heavy atom. The summed E-state index contributed by atoms with van der Waals surface area (Å²) in [6, 6.07) is 16.6. The van der Waals surface area contributed by atoms with Crippen molar-refractivity contribution in [2.75, 3.05) is 0 Å². The molecule has 0 unspecified atom stereocenters. The first-order chi connectivity index (χ1) is 15.3. The van der Waals surface area contributed by atoms with Crippen LogP contribution in [-0.2, 0) is 5.41 Å². The quantitative estimate of drug-likeness (QED) is 0.520. The van der Waals surface area contributed by atoms with Crippen LogP contribution >= 0.6 is 0 Å². The van der Waals surface area contributed by atoms with Gasteiger partial charge in [-0.05, 0) is 42.0 Å². The molecule has 0 amide bonds. The largest absolute Gasteiger partial charge is 0.457 e. The fourth-order valence-electron chi connectivity index (χ4n) is 3.21. The second kappa shape index (κ2) is 8.55. The molecule has 0 fully saturated rings. The van der Waals surface area contributed by atoms with Crippen LogP contribution in [0.25, 0.3) is 12.2 Å². The molecule has 2 aromatic carbocycles. The van der Waals surface area contributed by atoms with E-state index in [2.05, 4.69) is 15.0 Å². The molecule has 0 aliphatic heterocycles. The highest BCUT2D eigenvalue weighted by Gasteiger charge is 2.21.